The molecule has 0 aliphatic heterocycles. The summed E-state index contributed by atoms with van der Waals surface area (Å²) in [4.78, 5) is 0. The van der Waals surface area contributed by atoms with Crippen LogP contribution >= 0.6 is 0 Å². The molecular weight excluding hydrogens is 824 g/mol. The molecule has 8 aromatic rings. The molecule has 304 valence electrons. The molecule has 0 spiro atoms. The van der Waals surface area contributed by atoms with Gasteiger partial charge in [-0.05, 0) is 0 Å². The molecule has 1 heteroatoms. The summed E-state index contributed by atoms with van der Waals surface area (Å²) in [6, 6.07) is 65.1. The van der Waals surface area contributed by atoms with E-state index in [0.717, 1.165) is 19.3 Å². The average molecular weight is 880 g/mol. The van der Waals surface area contributed by atoms with Gasteiger partial charge in [-0.2, -0.15) is 0 Å². The topological polar surface area (TPSA) is 0 Å². The van der Waals surface area contributed by atoms with Crippen LogP contribution in [0.25, 0.3) is 54.9 Å². The summed E-state index contributed by atoms with van der Waals surface area (Å²) in [5, 5.41) is 5.23. The Kier molecular flexibility index (Phi) is 10.7. The Balaban J connectivity index is 1.34. The summed E-state index contributed by atoms with van der Waals surface area (Å²) in [5.74, 6) is 0. The van der Waals surface area contributed by atoms with Crippen molar-refractivity contribution in [3.63, 3.8) is 0 Å². The first-order chi connectivity index (χ1) is 30.0. The molecule has 0 fully saturated rings. The summed E-state index contributed by atoms with van der Waals surface area (Å²) in [6.45, 7) is 14.4. The van der Waals surface area contributed by atoms with E-state index in [2.05, 4.69) is 230 Å². The molecule has 0 atom stereocenters. The Bertz CT molecular complexity index is 2890. The van der Waals surface area contributed by atoms with Crippen molar-refractivity contribution in [2.75, 3.05) is 0 Å². The van der Waals surface area contributed by atoms with Gasteiger partial charge in [0.15, 0.2) is 0 Å². The molecule has 0 aromatic heterocycles. The van der Waals surface area contributed by atoms with Crippen LogP contribution in [-0.4, -0.2) is 3.21 Å². The quantitative estimate of drug-likeness (QED) is 0.143. The zero-order valence-corrected chi connectivity index (χ0v) is 39.6. The van der Waals surface area contributed by atoms with Gasteiger partial charge in [0, 0.05) is 0 Å². The molecule has 0 saturated heterocycles. The zero-order valence-electron chi connectivity index (χ0n) is 37.1. The Labute approximate surface area is 376 Å². The summed E-state index contributed by atoms with van der Waals surface area (Å²) >= 11 is -2.90. The summed E-state index contributed by atoms with van der Waals surface area (Å²) in [5.41, 5.74) is 16.9. The Morgan fingerprint density at radius 2 is 0.903 bits per heavy atom. The molecule has 62 heavy (non-hydrogen) atoms. The Morgan fingerprint density at radius 3 is 1.34 bits per heavy atom. The molecule has 2 aliphatic carbocycles. The number of rotatable bonds is 8. The molecule has 8 aromatic carbocycles. The van der Waals surface area contributed by atoms with E-state index in [1.54, 1.807) is 6.49 Å². The van der Waals surface area contributed by atoms with Crippen molar-refractivity contribution in [1.82, 2.24) is 0 Å². The van der Waals surface area contributed by atoms with Gasteiger partial charge in [-0.1, -0.05) is 0 Å². The van der Waals surface area contributed by atoms with Crippen LogP contribution in [0.15, 0.2) is 191 Å². The first-order valence-corrected chi connectivity index (χ1v) is 26.4. The molecule has 10 rings (SSSR count). The molecule has 2 aliphatic rings. The number of hydrogen-bond donors (Lipinski definition) is 0. The fourth-order valence-electron chi connectivity index (χ4n) is 10.5. The third-order valence-corrected chi connectivity index (χ3v) is 21.7. The van der Waals surface area contributed by atoms with Gasteiger partial charge in [-0.25, -0.2) is 0 Å². The minimum absolute atomic E-state index is 0.0767. The zero-order chi connectivity index (χ0) is 42.6. The molecule has 0 saturated carbocycles. The third kappa shape index (κ3) is 7.58. The van der Waals surface area contributed by atoms with Crippen LogP contribution in [0.5, 0.6) is 0 Å². The van der Waals surface area contributed by atoms with E-state index < -0.39 is 21.3 Å². The normalized spacial score (nSPS) is 13.7. The van der Waals surface area contributed by atoms with Gasteiger partial charge in [0.25, 0.3) is 0 Å². The molecule has 0 amide bonds. The summed E-state index contributed by atoms with van der Waals surface area (Å²) in [6.07, 6.45) is 10.4. The van der Waals surface area contributed by atoms with Crippen LogP contribution in [0, 0.1) is 0 Å². The van der Waals surface area contributed by atoms with Gasteiger partial charge in [0.2, 0.25) is 0 Å². The van der Waals surface area contributed by atoms with Gasteiger partial charge >= 0.3 is 379 Å². The van der Waals surface area contributed by atoms with E-state index in [0.29, 0.717) is 3.63 Å². The second kappa shape index (κ2) is 16.3. The minimum atomic E-state index is -2.90. The second-order valence-corrected chi connectivity index (χ2v) is 26.4. The van der Waals surface area contributed by atoms with Crippen LogP contribution in [-0.2, 0) is 44.9 Å². The Morgan fingerprint density at radius 1 is 0.468 bits per heavy atom. The van der Waals surface area contributed by atoms with E-state index in [1.807, 2.05) is 0 Å². The number of fused-ring (bicyclic) bond motifs is 5. The maximum absolute atomic E-state index is 2.90. The van der Waals surface area contributed by atoms with Crippen LogP contribution < -0.4 is 0 Å². The van der Waals surface area contributed by atoms with E-state index in [-0.39, 0.29) is 10.8 Å². The van der Waals surface area contributed by atoms with Crippen molar-refractivity contribution in [2.24, 2.45) is 0 Å². The summed E-state index contributed by atoms with van der Waals surface area (Å²) in [7, 11) is 0. The van der Waals surface area contributed by atoms with Crippen molar-refractivity contribution >= 4 is 24.8 Å². The molecular formula is C61H56Zr. The molecule has 0 unspecified atom stereocenters. The number of benzene rings is 8. The van der Waals surface area contributed by atoms with E-state index >= 15 is 0 Å². The van der Waals surface area contributed by atoms with Crippen molar-refractivity contribution in [2.45, 2.75) is 75.3 Å². The average Bonchev–Trinajstić information content (AvgIpc) is 3.92. The maximum atomic E-state index is 2.70. The van der Waals surface area contributed by atoms with Crippen molar-refractivity contribution in [1.29, 1.82) is 0 Å². The number of hydrogen-bond acceptors (Lipinski definition) is 0. The molecule has 0 nitrogen and oxygen atoms in total. The predicted octanol–water partition coefficient (Wildman–Crippen LogP) is 16.1. The molecule has 0 N–H and O–H groups in total. The summed E-state index contributed by atoms with van der Waals surface area (Å²) < 4.78 is 3.78. The first kappa shape index (κ1) is 40.6. The van der Waals surface area contributed by atoms with Gasteiger partial charge in [0.05, 0.1) is 0 Å². The third-order valence-electron chi connectivity index (χ3n) is 13.4. The van der Waals surface area contributed by atoms with Crippen LogP contribution in [0.3, 0.4) is 0 Å². The van der Waals surface area contributed by atoms with E-state index in [4.69, 9.17) is 0 Å². The Hall–Kier alpha value is -5.49. The van der Waals surface area contributed by atoms with Gasteiger partial charge in [0.1, 0.15) is 0 Å². The van der Waals surface area contributed by atoms with Crippen molar-refractivity contribution < 1.29 is 21.3 Å². The second-order valence-electron chi connectivity index (χ2n) is 19.6. The van der Waals surface area contributed by atoms with Crippen molar-refractivity contribution in [3.8, 4) is 33.4 Å². The van der Waals surface area contributed by atoms with E-state index in [9.17, 15) is 0 Å². The SMILES string of the molecule is CC(C)(C)c1cc2c(cc1-c1cccc3ccccc13)[CH]([Zr]([C]1=CC=CC1)=[C](Cc1ccccc1)Cc1ccccc1)c1cc(-c3cccc4ccccc34)c(C(C)(C)C)cc1-2. The molecule has 0 heterocycles. The number of allylic oxidation sites excluding steroid dienone is 4. The van der Waals surface area contributed by atoms with E-state index in [1.165, 1.54) is 88.3 Å². The molecule has 0 radical (unpaired) electrons. The van der Waals surface area contributed by atoms with Gasteiger partial charge in [-0.15, -0.1) is 0 Å². The predicted molar refractivity (Wildman–Crippen MR) is 264 cm³/mol. The first-order valence-electron chi connectivity index (χ1n) is 22.5. The fourth-order valence-corrected chi connectivity index (χ4v) is 19.6. The standard InChI is InChI=1S/C41H37.C15H14.C5H5.Zr/c1-40(2,3)38-24-34-28(22-36(38)32-19-11-15-26-13-7-9-17-30(26)32)21-29-23-37(39(25-35(29)34)41(4,5)6)33-20-12-16-27-14-8-10-18-31(27)33;1-3-8-14(9-4-1)12-7-13-15-10-5-2-6-11-15;1-2-4-5-3-1;/h7-25H,1-6H3;1-6,8-11H,12-13H2;1-3H,4H2;. The van der Waals surface area contributed by atoms with Gasteiger partial charge < -0.3 is 0 Å². The van der Waals surface area contributed by atoms with Crippen molar-refractivity contribution in [3.05, 3.63) is 225 Å². The van der Waals surface area contributed by atoms with Crippen LogP contribution in [0.4, 0.5) is 0 Å². The van der Waals surface area contributed by atoms with Gasteiger partial charge in [-0.3, -0.25) is 0 Å². The van der Waals surface area contributed by atoms with Crippen LogP contribution in [0.1, 0.15) is 85.0 Å². The monoisotopic (exact) mass is 878 g/mol. The fraction of sp³-hybridized carbons (Fsp3) is 0.197. The van der Waals surface area contributed by atoms with Crippen LogP contribution in [0.2, 0.25) is 0 Å². The molecule has 0 bridgehead atoms.